The van der Waals surface area contributed by atoms with E-state index < -0.39 is 5.60 Å². The number of aromatic nitrogens is 1. The van der Waals surface area contributed by atoms with E-state index in [1.165, 1.54) is 12.0 Å². The van der Waals surface area contributed by atoms with E-state index >= 15 is 0 Å². The molecule has 2 aromatic rings. The molecule has 3 heterocycles. The second-order valence-electron chi connectivity index (χ2n) is 7.43. The van der Waals surface area contributed by atoms with Crippen molar-refractivity contribution < 1.29 is 9.84 Å². The Labute approximate surface area is 149 Å². The lowest BCUT2D eigenvalue weighted by atomic mass is 9.72. The molecule has 2 unspecified atom stereocenters. The predicted molar refractivity (Wildman–Crippen MR) is 97.3 cm³/mol. The van der Waals surface area contributed by atoms with Crippen LogP contribution in [0.25, 0.3) is 0 Å². The predicted octanol–water partition coefficient (Wildman–Crippen LogP) is 3.49. The second kappa shape index (κ2) is 6.77. The Morgan fingerprint density at radius 1 is 1.12 bits per heavy atom. The molecule has 25 heavy (non-hydrogen) atoms. The molecule has 2 bridgehead atoms. The monoisotopic (exact) mass is 338 g/mol. The van der Waals surface area contributed by atoms with Crippen LogP contribution in [0.15, 0.2) is 48.7 Å². The maximum Gasteiger partial charge on any atom is 0.212 e. The minimum atomic E-state index is -0.776. The van der Waals surface area contributed by atoms with Crippen LogP contribution in [0.4, 0.5) is 0 Å². The first-order valence-corrected chi connectivity index (χ1v) is 9.20. The molecule has 0 amide bonds. The van der Waals surface area contributed by atoms with Crippen LogP contribution in [0, 0.1) is 0 Å². The van der Waals surface area contributed by atoms with E-state index in [4.69, 9.17) is 4.74 Å². The lowest BCUT2D eigenvalue weighted by Gasteiger charge is -2.52. The quantitative estimate of drug-likeness (QED) is 0.927. The number of rotatable bonds is 4. The Morgan fingerprint density at radius 2 is 1.84 bits per heavy atom. The van der Waals surface area contributed by atoms with Crippen molar-refractivity contribution in [2.75, 3.05) is 7.11 Å². The minimum Gasteiger partial charge on any atom is -0.481 e. The van der Waals surface area contributed by atoms with Gasteiger partial charge in [-0.05, 0) is 37.3 Å². The fourth-order valence-electron chi connectivity index (χ4n) is 4.58. The standard InChI is InChI=1S/C21H26N2O2/c1-25-20-11-10-17(14-22-20)21(24)12-18-8-5-9-19(13-21)23(18)15-16-6-3-2-4-7-16/h2-4,6-7,10-11,14,18-19,24H,5,8-9,12-13,15H2,1H3. The third kappa shape index (κ3) is 3.29. The van der Waals surface area contributed by atoms with Crippen LogP contribution in [0.1, 0.15) is 43.2 Å². The van der Waals surface area contributed by atoms with Crippen molar-refractivity contribution in [1.82, 2.24) is 9.88 Å². The number of aliphatic hydroxyl groups is 1. The zero-order valence-electron chi connectivity index (χ0n) is 14.8. The maximum absolute atomic E-state index is 11.4. The maximum atomic E-state index is 11.4. The molecule has 4 nitrogen and oxygen atoms in total. The molecule has 2 atom stereocenters. The second-order valence-corrected chi connectivity index (χ2v) is 7.43. The van der Waals surface area contributed by atoms with Gasteiger partial charge in [-0.25, -0.2) is 4.98 Å². The highest BCUT2D eigenvalue weighted by molar-refractivity contribution is 5.26. The SMILES string of the molecule is COc1ccc(C2(O)CC3CCCC(C2)N3Cc2ccccc2)cn1. The number of fused-ring (bicyclic) bond motifs is 2. The number of nitrogens with zero attached hydrogens (tertiary/aromatic N) is 2. The van der Waals surface area contributed by atoms with Gasteiger partial charge in [-0.3, -0.25) is 4.90 Å². The summed E-state index contributed by atoms with van der Waals surface area (Å²) in [4.78, 5) is 6.92. The average Bonchev–Trinajstić information content (AvgIpc) is 2.64. The summed E-state index contributed by atoms with van der Waals surface area (Å²) in [5, 5.41) is 11.4. The molecule has 2 fully saturated rings. The molecule has 2 aliphatic heterocycles. The Hall–Kier alpha value is -1.91. The average molecular weight is 338 g/mol. The molecule has 2 aliphatic rings. The van der Waals surface area contributed by atoms with Gasteiger partial charge in [-0.15, -0.1) is 0 Å². The fourth-order valence-corrected chi connectivity index (χ4v) is 4.58. The van der Waals surface area contributed by atoms with Gasteiger partial charge in [0.05, 0.1) is 12.7 Å². The first-order chi connectivity index (χ1) is 12.2. The highest BCUT2D eigenvalue weighted by Crippen LogP contribution is 2.44. The molecule has 1 aromatic heterocycles. The topological polar surface area (TPSA) is 45.6 Å². The van der Waals surface area contributed by atoms with Crippen molar-refractivity contribution in [1.29, 1.82) is 0 Å². The minimum absolute atomic E-state index is 0.430. The summed E-state index contributed by atoms with van der Waals surface area (Å²) in [6.07, 6.45) is 6.93. The molecule has 2 saturated heterocycles. The van der Waals surface area contributed by atoms with Gasteiger partial charge in [0, 0.05) is 36.5 Å². The van der Waals surface area contributed by atoms with E-state index in [1.54, 1.807) is 13.3 Å². The van der Waals surface area contributed by atoms with Gasteiger partial charge in [0.2, 0.25) is 5.88 Å². The van der Waals surface area contributed by atoms with E-state index in [9.17, 15) is 5.11 Å². The van der Waals surface area contributed by atoms with Crippen molar-refractivity contribution in [3.05, 3.63) is 59.8 Å². The summed E-state index contributed by atoms with van der Waals surface area (Å²) in [6, 6.07) is 15.3. The number of pyridine rings is 1. The molecule has 1 N–H and O–H groups in total. The van der Waals surface area contributed by atoms with Crippen LogP contribution in [0.5, 0.6) is 5.88 Å². The van der Waals surface area contributed by atoms with Crippen LogP contribution in [0.2, 0.25) is 0 Å². The number of benzene rings is 1. The summed E-state index contributed by atoms with van der Waals surface area (Å²) in [7, 11) is 1.61. The van der Waals surface area contributed by atoms with Crippen LogP contribution in [0.3, 0.4) is 0 Å². The zero-order chi connectivity index (χ0) is 17.3. The Bertz CT molecular complexity index is 688. The Kier molecular flexibility index (Phi) is 4.48. The fraction of sp³-hybridized carbons (Fsp3) is 0.476. The molecule has 0 saturated carbocycles. The summed E-state index contributed by atoms with van der Waals surface area (Å²) >= 11 is 0. The molecule has 1 aromatic carbocycles. The van der Waals surface area contributed by atoms with Crippen molar-refractivity contribution in [2.24, 2.45) is 0 Å². The molecule has 0 radical (unpaired) electrons. The number of piperidine rings is 2. The van der Waals surface area contributed by atoms with Crippen molar-refractivity contribution in [3.63, 3.8) is 0 Å². The third-order valence-electron chi connectivity index (χ3n) is 5.85. The number of hydrogen-bond donors (Lipinski definition) is 1. The molecule has 132 valence electrons. The van der Waals surface area contributed by atoms with Crippen LogP contribution in [-0.2, 0) is 12.1 Å². The van der Waals surface area contributed by atoms with Gasteiger partial charge < -0.3 is 9.84 Å². The van der Waals surface area contributed by atoms with E-state index in [1.807, 2.05) is 12.1 Å². The van der Waals surface area contributed by atoms with Crippen molar-refractivity contribution >= 4 is 0 Å². The first-order valence-electron chi connectivity index (χ1n) is 9.20. The molecule has 0 spiro atoms. The van der Waals surface area contributed by atoms with Gasteiger partial charge in [-0.2, -0.15) is 0 Å². The number of hydrogen-bond acceptors (Lipinski definition) is 4. The summed E-state index contributed by atoms with van der Waals surface area (Å²) < 4.78 is 5.15. The van der Waals surface area contributed by atoms with Gasteiger partial charge in [0.25, 0.3) is 0 Å². The summed E-state index contributed by atoms with van der Waals surface area (Å²) in [5.41, 5.74) is 1.50. The molecular formula is C21H26N2O2. The van der Waals surface area contributed by atoms with Crippen molar-refractivity contribution in [2.45, 2.75) is 56.3 Å². The number of ether oxygens (including phenoxy) is 1. The van der Waals surface area contributed by atoms with E-state index in [0.717, 1.165) is 37.8 Å². The Morgan fingerprint density at radius 3 is 2.44 bits per heavy atom. The lowest BCUT2D eigenvalue weighted by molar-refractivity contribution is -0.100. The van der Waals surface area contributed by atoms with Crippen LogP contribution >= 0.6 is 0 Å². The van der Waals surface area contributed by atoms with Crippen molar-refractivity contribution in [3.8, 4) is 5.88 Å². The largest absolute Gasteiger partial charge is 0.481 e. The summed E-state index contributed by atoms with van der Waals surface area (Å²) in [6.45, 7) is 0.979. The lowest BCUT2D eigenvalue weighted by Crippen LogP contribution is -2.56. The van der Waals surface area contributed by atoms with E-state index in [-0.39, 0.29) is 0 Å². The highest BCUT2D eigenvalue weighted by atomic mass is 16.5. The molecule has 0 aliphatic carbocycles. The van der Waals surface area contributed by atoms with Gasteiger partial charge in [0.15, 0.2) is 0 Å². The normalized spacial score (nSPS) is 29.4. The molecule has 4 heteroatoms. The summed E-state index contributed by atoms with van der Waals surface area (Å²) in [5.74, 6) is 0.592. The number of methoxy groups -OCH3 is 1. The first kappa shape index (κ1) is 16.6. The van der Waals surface area contributed by atoms with E-state index in [2.05, 4.69) is 40.2 Å². The highest BCUT2D eigenvalue weighted by Gasteiger charge is 2.46. The Balaban J connectivity index is 1.55. The van der Waals surface area contributed by atoms with Gasteiger partial charge >= 0.3 is 0 Å². The molecular weight excluding hydrogens is 312 g/mol. The van der Waals surface area contributed by atoms with Gasteiger partial charge in [-0.1, -0.05) is 36.8 Å². The van der Waals surface area contributed by atoms with Crippen LogP contribution < -0.4 is 4.74 Å². The zero-order valence-corrected chi connectivity index (χ0v) is 14.8. The van der Waals surface area contributed by atoms with Gasteiger partial charge in [0.1, 0.15) is 0 Å². The smallest absolute Gasteiger partial charge is 0.212 e. The van der Waals surface area contributed by atoms with E-state index in [0.29, 0.717) is 18.0 Å². The third-order valence-corrected chi connectivity index (χ3v) is 5.85. The molecule has 4 rings (SSSR count). The van der Waals surface area contributed by atoms with Crippen LogP contribution in [-0.4, -0.2) is 34.2 Å².